The van der Waals surface area contributed by atoms with Gasteiger partial charge < -0.3 is 15.6 Å². The zero-order valence-corrected chi connectivity index (χ0v) is 11.9. The Bertz CT molecular complexity index is 554. The maximum absolute atomic E-state index is 10.3. The molecular weight excluding hydrogens is 250 g/mol. The van der Waals surface area contributed by atoms with Crippen LogP contribution in [-0.4, -0.2) is 18.3 Å². The summed E-state index contributed by atoms with van der Waals surface area (Å²) in [4.78, 5) is 0. The first kappa shape index (κ1) is 14.6. The fourth-order valence-corrected chi connectivity index (χ4v) is 2.31. The predicted octanol–water partition coefficient (Wildman–Crippen LogP) is 2.61. The predicted molar refractivity (Wildman–Crippen MR) is 80.8 cm³/mol. The molecule has 0 aliphatic heterocycles. The quantitative estimate of drug-likeness (QED) is 0.879. The number of aliphatic hydroxyl groups excluding tert-OH is 1. The highest BCUT2D eigenvalue weighted by atomic mass is 16.5. The maximum Gasteiger partial charge on any atom is 0.121 e. The number of aliphatic hydroxyl groups is 1. The number of nitrogens with two attached hydrogens (primary N) is 1. The van der Waals surface area contributed by atoms with Crippen LogP contribution >= 0.6 is 0 Å². The van der Waals surface area contributed by atoms with Crippen LogP contribution in [0.1, 0.15) is 22.7 Å². The van der Waals surface area contributed by atoms with Crippen LogP contribution in [0.25, 0.3) is 0 Å². The van der Waals surface area contributed by atoms with Crippen LogP contribution < -0.4 is 10.5 Å². The molecule has 0 radical (unpaired) electrons. The summed E-state index contributed by atoms with van der Waals surface area (Å²) in [6, 6.07) is 15.2. The van der Waals surface area contributed by atoms with Crippen molar-refractivity contribution in [3.8, 4) is 5.75 Å². The van der Waals surface area contributed by atoms with Crippen LogP contribution in [0, 0.1) is 6.92 Å². The molecule has 0 heterocycles. The second kappa shape index (κ2) is 6.55. The molecule has 2 aromatic carbocycles. The fourth-order valence-electron chi connectivity index (χ4n) is 2.31. The molecule has 3 heteroatoms. The van der Waals surface area contributed by atoms with E-state index >= 15 is 0 Å². The van der Waals surface area contributed by atoms with Gasteiger partial charge in [0.1, 0.15) is 5.75 Å². The molecule has 106 valence electrons. The molecular formula is C17H21NO2. The van der Waals surface area contributed by atoms with E-state index in [2.05, 4.69) is 0 Å². The van der Waals surface area contributed by atoms with Gasteiger partial charge in [0.15, 0.2) is 0 Å². The Hall–Kier alpha value is -1.84. The van der Waals surface area contributed by atoms with Gasteiger partial charge in [0, 0.05) is 6.42 Å². The molecule has 0 saturated heterocycles. The van der Waals surface area contributed by atoms with Crippen molar-refractivity contribution in [2.45, 2.75) is 25.5 Å². The first-order chi connectivity index (χ1) is 9.61. The van der Waals surface area contributed by atoms with Crippen molar-refractivity contribution >= 4 is 0 Å². The van der Waals surface area contributed by atoms with E-state index in [1.54, 1.807) is 7.11 Å². The number of hydrogen-bond donors (Lipinski definition) is 2. The van der Waals surface area contributed by atoms with Gasteiger partial charge in [-0.3, -0.25) is 0 Å². The minimum Gasteiger partial charge on any atom is -0.496 e. The van der Waals surface area contributed by atoms with E-state index in [9.17, 15) is 5.11 Å². The smallest absolute Gasteiger partial charge is 0.121 e. The lowest BCUT2D eigenvalue weighted by molar-refractivity contribution is 0.145. The highest BCUT2D eigenvalue weighted by Crippen LogP contribution is 2.24. The average Bonchev–Trinajstić information content (AvgIpc) is 2.47. The van der Waals surface area contributed by atoms with Crippen LogP contribution in [0.4, 0.5) is 0 Å². The lowest BCUT2D eigenvalue weighted by Gasteiger charge is -2.20. The summed E-state index contributed by atoms with van der Waals surface area (Å²) in [6.07, 6.45) is -0.0576. The summed E-state index contributed by atoms with van der Waals surface area (Å²) < 4.78 is 5.23. The summed E-state index contributed by atoms with van der Waals surface area (Å²) in [5.41, 5.74) is 9.18. The summed E-state index contributed by atoms with van der Waals surface area (Å²) in [6.45, 7) is 1.97. The third-order valence-electron chi connectivity index (χ3n) is 3.51. The second-order valence-corrected chi connectivity index (χ2v) is 5.01. The molecule has 3 N–H and O–H groups in total. The third-order valence-corrected chi connectivity index (χ3v) is 3.51. The molecule has 0 aromatic heterocycles. The van der Waals surface area contributed by atoms with E-state index in [0.717, 1.165) is 22.4 Å². The molecule has 0 bridgehead atoms. The number of aryl methyl sites for hydroxylation is 1. The molecule has 0 fully saturated rings. The Morgan fingerprint density at radius 1 is 1.15 bits per heavy atom. The minimum absolute atomic E-state index is 0.403. The summed E-state index contributed by atoms with van der Waals surface area (Å²) in [5, 5.41) is 10.3. The van der Waals surface area contributed by atoms with Gasteiger partial charge in [-0.25, -0.2) is 0 Å². The Balaban J connectivity index is 2.10. The van der Waals surface area contributed by atoms with E-state index in [1.807, 2.05) is 55.5 Å². The second-order valence-electron chi connectivity index (χ2n) is 5.01. The van der Waals surface area contributed by atoms with Gasteiger partial charge >= 0.3 is 0 Å². The van der Waals surface area contributed by atoms with Gasteiger partial charge in [0.25, 0.3) is 0 Å². The molecule has 0 unspecified atom stereocenters. The van der Waals surface area contributed by atoms with E-state index in [-0.39, 0.29) is 0 Å². The average molecular weight is 271 g/mol. The van der Waals surface area contributed by atoms with Gasteiger partial charge in [0.2, 0.25) is 0 Å². The van der Waals surface area contributed by atoms with Crippen LogP contribution in [0.5, 0.6) is 5.75 Å². The number of benzene rings is 2. The summed E-state index contributed by atoms with van der Waals surface area (Å²) in [5.74, 6) is 0.832. The van der Waals surface area contributed by atoms with Crippen LogP contribution in [0.15, 0.2) is 48.5 Å². The lowest BCUT2D eigenvalue weighted by Crippen LogP contribution is -2.28. The molecule has 3 nitrogen and oxygen atoms in total. The van der Waals surface area contributed by atoms with E-state index in [1.165, 1.54) is 0 Å². The Morgan fingerprint density at radius 2 is 1.85 bits per heavy atom. The highest BCUT2D eigenvalue weighted by molar-refractivity contribution is 5.37. The molecule has 2 atom stereocenters. The Kier molecular flexibility index (Phi) is 4.77. The molecule has 0 aliphatic carbocycles. The molecule has 2 rings (SSSR count). The van der Waals surface area contributed by atoms with Crippen LogP contribution in [0.2, 0.25) is 0 Å². The van der Waals surface area contributed by atoms with E-state index in [4.69, 9.17) is 10.5 Å². The summed E-state index contributed by atoms with van der Waals surface area (Å²) >= 11 is 0. The van der Waals surface area contributed by atoms with Gasteiger partial charge in [-0.2, -0.15) is 0 Å². The summed E-state index contributed by atoms with van der Waals surface area (Å²) in [7, 11) is 1.65. The zero-order valence-electron chi connectivity index (χ0n) is 11.9. The van der Waals surface area contributed by atoms with E-state index in [0.29, 0.717) is 6.42 Å². The number of ether oxygens (including phenoxy) is 1. The third kappa shape index (κ3) is 3.38. The largest absolute Gasteiger partial charge is 0.496 e. The molecule has 2 aromatic rings. The van der Waals surface area contributed by atoms with E-state index < -0.39 is 12.1 Å². The van der Waals surface area contributed by atoms with Crippen molar-refractivity contribution in [3.63, 3.8) is 0 Å². The van der Waals surface area contributed by atoms with Crippen molar-refractivity contribution in [2.24, 2.45) is 5.73 Å². The van der Waals surface area contributed by atoms with Gasteiger partial charge in [-0.1, -0.05) is 42.5 Å². The highest BCUT2D eigenvalue weighted by Gasteiger charge is 2.18. The zero-order chi connectivity index (χ0) is 14.5. The van der Waals surface area contributed by atoms with Crippen molar-refractivity contribution in [1.29, 1.82) is 0 Å². The van der Waals surface area contributed by atoms with Crippen LogP contribution in [-0.2, 0) is 6.42 Å². The molecule has 20 heavy (non-hydrogen) atoms. The minimum atomic E-state index is -0.606. The molecule has 0 amide bonds. The first-order valence-corrected chi connectivity index (χ1v) is 6.74. The molecule has 0 saturated carbocycles. The van der Waals surface area contributed by atoms with Crippen molar-refractivity contribution in [3.05, 3.63) is 65.2 Å². The van der Waals surface area contributed by atoms with Gasteiger partial charge in [-0.05, 0) is 29.7 Å². The maximum atomic E-state index is 10.3. The Morgan fingerprint density at radius 3 is 2.45 bits per heavy atom. The van der Waals surface area contributed by atoms with Gasteiger partial charge in [0.05, 0.1) is 19.3 Å². The van der Waals surface area contributed by atoms with Crippen molar-refractivity contribution < 1.29 is 9.84 Å². The molecule has 0 aliphatic rings. The standard InChI is InChI=1S/C17H21NO2/c1-12-10-14(8-9-16(12)20-2)17(18)15(19)11-13-6-4-3-5-7-13/h3-10,15,17,19H,11,18H2,1-2H3/t15-,17+/m1/s1. The fraction of sp³-hybridized carbons (Fsp3) is 0.294. The topological polar surface area (TPSA) is 55.5 Å². The number of rotatable bonds is 5. The first-order valence-electron chi connectivity index (χ1n) is 6.74. The monoisotopic (exact) mass is 271 g/mol. The normalized spacial score (nSPS) is 13.8. The van der Waals surface area contributed by atoms with Crippen molar-refractivity contribution in [1.82, 2.24) is 0 Å². The number of methoxy groups -OCH3 is 1. The lowest BCUT2D eigenvalue weighted by atomic mass is 9.95. The molecule has 0 spiro atoms. The number of hydrogen-bond acceptors (Lipinski definition) is 3. The SMILES string of the molecule is COc1ccc([C@H](N)[C@H](O)Cc2ccccc2)cc1C. The van der Waals surface area contributed by atoms with Crippen LogP contribution in [0.3, 0.4) is 0 Å². The van der Waals surface area contributed by atoms with Gasteiger partial charge in [-0.15, -0.1) is 0 Å². The van der Waals surface area contributed by atoms with Crippen molar-refractivity contribution in [2.75, 3.05) is 7.11 Å². The Labute approximate surface area is 120 Å².